The fourth-order valence-corrected chi connectivity index (χ4v) is 3.38. The Kier molecular flexibility index (Phi) is 4.57. The van der Waals surface area contributed by atoms with Gasteiger partial charge in [0.25, 0.3) is 0 Å². The summed E-state index contributed by atoms with van der Waals surface area (Å²) in [4.78, 5) is 14.2. The van der Waals surface area contributed by atoms with Gasteiger partial charge in [0, 0.05) is 25.9 Å². The summed E-state index contributed by atoms with van der Waals surface area (Å²) < 4.78 is 22.4. The van der Waals surface area contributed by atoms with Crippen molar-refractivity contribution in [3.05, 3.63) is 59.7 Å². The largest absolute Gasteiger partial charge is 0.337 e. The van der Waals surface area contributed by atoms with E-state index in [0.29, 0.717) is 13.1 Å². The van der Waals surface area contributed by atoms with E-state index in [1.165, 1.54) is 0 Å². The highest BCUT2D eigenvalue weighted by Gasteiger charge is 2.22. The Labute approximate surface area is 142 Å². The third-order valence-electron chi connectivity index (χ3n) is 4.08. The second-order valence-electron chi connectivity index (χ2n) is 6.03. The Balaban J connectivity index is 1.84. The van der Waals surface area contributed by atoms with Crippen LogP contribution >= 0.6 is 0 Å². The summed E-state index contributed by atoms with van der Waals surface area (Å²) in [7, 11) is -3.09. The third kappa shape index (κ3) is 3.76. The monoisotopic (exact) mass is 344 g/mol. The van der Waals surface area contributed by atoms with Gasteiger partial charge in [0.2, 0.25) is 0 Å². The molecule has 0 fully saturated rings. The topological polar surface area (TPSA) is 66.5 Å². The number of carbonyl (C=O) groups excluding carboxylic acids is 1. The van der Waals surface area contributed by atoms with Crippen molar-refractivity contribution in [1.82, 2.24) is 10.2 Å². The van der Waals surface area contributed by atoms with E-state index in [-0.39, 0.29) is 18.3 Å². The number of hydrogen-bond donors (Lipinski definition) is 1. The summed E-state index contributed by atoms with van der Waals surface area (Å²) in [5.41, 5.74) is 4.44. The fourth-order valence-electron chi connectivity index (χ4n) is 2.91. The summed E-state index contributed by atoms with van der Waals surface area (Å²) >= 11 is 0. The predicted octanol–water partition coefficient (Wildman–Crippen LogP) is 2.42. The first-order chi connectivity index (χ1) is 11.4. The maximum absolute atomic E-state index is 12.5. The lowest BCUT2D eigenvalue weighted by Crippen LogP contribution is -2.40. The molecule has 0 aliphatic carbocycles. The highest BCUT2D eigenvalue weighted by molar-refractivity contribution is 7.90. The average molecular weight is 344 g/mol. The number of sulfone groups is 1. The van der Waals surface area contributed by atoms with Gasteiger partial charge >= 0.3 is 6.03 Å². The molecule has 0 saturated carbocycles. The van der Waals surface area contributed by atoms with E-state index in [9.17, 15) is 13.2 Å². The molecule has 0 unspecified atom stereocenters. The quantitative estimate of drug-likeness (QED) is 0.930. The molecule has 2 amide bonds. The van der Waals surface area contributed by atoms with E-state index in [0.717, 1.165) is 28.5 Å². The van der Waals surface area contributed by atoms with Crippen LogP contribution in [0.25, 0.3) is 11.1 Å². The van der Waals surface area contributed by atoms with Crippen LogP contribution in [0.5, 0.6) is 0 Å². The fraction of sp³-hybridized carbons (Fsp3) is 0.278. The Morgan fingerprint density at radius 3 is 2.00 bits per heavy atom. The number of urea groups is 1. The van der Waals surface area contributed by atoms with E-state index in [4.69, 9.17) is 0 Å². The molecular weight excluding hydrogens is 324 g/mol. The smallest absolute Gasteiger partial charge is 0.318 e. The zero-order valence-corrected chi connectivity index (χ0v) is 14.3. The van der Waals surface area contributed by atoms with Crippen molar-refractivity contribution in [2.45, 2.75) is 13.1 Å². The Morgan fingerprint density at radius 2 is 1.50 bits per heavy atom. The maximum Gasteiger partial charge on any atom is 0.318 e. The Hall–Kier alpha value is -2.34. The molecule has 2 aromatic rings. The van der Waals surface area contributed by atoms with Gasteiger partial charge in [-0.1, -0.05) is 48.5 Å². The number of carbonyl (C=O) groups is 1. The molecule has 3 rings (SSSR count). The third-order valence-corrected chi connectivity index (χ3v) is 5.03. The van der Waals surface area contributed by atoms with Crippen molar-refractivity contribution >= 4 is 15.9 Å². The van der Waals surface area contributed by atoms with Crippen molar-refractivity contribution < 1.29 is 13.2 Å². The molecule has 6 heteroatoms. The zero-order chi connectivity index (χ0) is 17.2. The van der Waals surface area contributed by atoms with E-state index in [1.54, 1.807) is 4.90 Å². The van der Waals surface area contributed by atoms with Crippen LogP contribution < -0.4 is 5.32 Å². The van der Waals surface area contributed by atoms with Crippen molar-refractivity contribution in [2.75, 3.05) is 18.6 Å². The molecule has 0 bridgehead atoms. The molecule has 1 heterocycles. The minimum absolute atomic E-state index is 0.0558. The highest BCUT2D eigenvalue weighted by Crippen LogP contribution is 2.32. The molecule has 1 aliphatic rings. The van der Waals surface area contributed by atoms with Gasteiger partial charge in [-0.2, -0.15) is 0 Å². The van der Waals surface area contributed by atoms with Crippen LogP contribution in [-0.4, -0.2) is 37.9 Å². The van der Waals surface area contributed by atoms with E-state index < -0.39 is 9.84 Å². The normalized spacial score (nSPS) is 13.6. The average Bonchev–Trinajstić information content (AvgIpc) is 2.70. The molecule has 2 aromatic carbocycles. The van der Waals surface area contributed by atoms with Crippen LogP contribution in [0.3, 0.4) is 0 Å². The molecule has 24 heavy (non-hydrogen) atoms. The van der Waals surface area contributed by atoms with Crippen LogP contribution in [0.1, 0.15) is 11.1 Å². The number of amides is 2. The van der Waals surface area contributed by atoms with Crippen molar-refractivity contribution in [3.8, 4) is 11.1 Å². The first kappa shape index (κ1) is 16.5. The van der Waals surface area contributed by atoms with Gasteiger partial charge in [0.05, 0.1) is 5.75 Å². The number of nitrogens with one attached hydrogen (secondary N) is 1. The second kappa shape index (κ2) is 6.65. The van der Waals surface area contributed by atoms with Crippen molar-refractivity contribution in [3.63, 3.8) is 0 Å². The molecule has 1 aliphatic heterocycles. The second-order valence-corrected chi connectivity index (χ2v) is 8.29. The van der Waals surface area contributed by atoms with Gasteiger partial charge in [-0.3, -0.25) is 0 Å². The number of benzene rings is 2. The standard InChI is InChI=1S/C18H20N2O3S/c1-24(22,23)11-10-19-18(21)20-12-14-6-2-4-8-16(14)17-9-5-3-7-15(17)13-20/h2-9H,10-13H2,1H3,(H,19,21). The van der Waals surface area contributed by atoms with Crippen LogP contribution in [0.4, 0.5) is 4.79 Å². The van der Waals surface area contributed by atoms with Gasteiger partial charge in [-0.25, -0.2) is 13.2 Å². The number of fused-ring (bicyclic) bond motifs is 3. The maximum atomic E-state index is 12.5. The van der Waals surface area contributed by atoms with E-state index in [1.807, 2.05) is 36.4 Å². The molecule has 5 nitrogen and oxygen atoms in total. The number of hydrogen-bond acceptors (Lipinski definition) is 3. The predicted molar refractivity (Wildman–Crippen MR) is 94.2 cm³/mol. The molecule has 0 atom stereocenters. The van der Waals surface area contributed by atoms with Gasteiger partial charge < -0.3 is 10.2 Å². The van der Waals surface area contributed by atoms with Gasteiger partial charge in [0.1, 0.15) is 9.84 Å². The van der Waals surface area contributed by atoms with Crippen LogP contribution in [0, 0.1) is 0 Å². The SMILES string of the molecule is CS(=O)(=O)CCNC(=O)N1Cc2ccccc2-c2ccccc2C1. The number of rotatable bonds is 3. The van der Waals surface area contributed by atoms with Gasteiger partial charge in [0.15, 0.2) is 0 Å². The summed E-state index contributed by atoms with van der Waals surface area (Å²) in [5, 5.41) is 2.71. The van der Waals surface area contributed by atoms with Crippen LogP contribution in [-0.2, 0) is 22.9 Å². The van der Waals surface area contributed by atoms with Crippen molar-refractivity contribution in [2.24, 2.45) is 0 Å². The lowest BCUT2D eigenvalue weighted by atomic mass is 9.97. The molecule has 0 spiro atoms. The van der Waals surface area contributed by atoms with Crippen LogP contribution in [0.2, 0.25) is 0 Å². The molecular formula is C18H20N2O3S. The lowest BCUT2D eigenvalue weighted by molar-refractivity contribution is 0.193. The van der Waals surface area contributed by atoms with Crippen molar-refractivity contribution in [1.29, 1.82) is 0 Å². The Morgan fingerprint density at radius 1 is 1.00 bits per heavy atom. The summed E-state index contributed by atoms with van der Waals surface area (Å²) in [6.45, 7) is 1.11. The van der Waals surface area contributed by atoms with E-state index in [2.05, 4.69) is 17.4 Å². The Bertz CT molecular complexity index is 815. The molecule has 1 N–H and O–H groups in total. The summed E-state index contributed by atoms with van der Waals surface area (Å²) in [6, 6.07) is 15.9. The van der Waals surface area contributed by atoms with E-state index >= 15 is 0 Å². The highest BCUT2D eigenvalue weighted by atomic mass is 32.2. The minimum Gasteiger partial charge on any atom is -0.337 e. The molecule has 0 saturated heterocycles. The van der Waals surface area contributed by atoms with Crippen LogP contribution in [0.15, 0.2) is 48.5 Å². The summed E-state index contributed by atoms with van der Waals surface area (Å²) in [6.07, 6.45) is 1.16. The van der Waals surface area contributed by atoms with Gasteiger partial charge in [-0.15, -0.1) is 0 Å². The number of nitrogens with zero attached hydrogens (tertiary/aromatic N) is 1. The minimum atomic E-state index is -3.09. The molecule has 0 aromatic heterocycles. The summed E-state index contributed by atoms with van der Waals surface area (Å²) in [5.74, 6) is -0.0558. The first-order valence-corrected chi connectivity index (χ1v) is 9.87. The zero-order valence-electron chi connectivity index (χ0n) is 13.5. The lowest BCUT2D eigenvalue weighted by Gasteiger charge is -2.22. The first-order valence-electron chi connectivity index (χ1n) is 7.81. The van der Waals surface area contributed by atoms with Gasteiger partial charge in [-0.05, 0) is 22.3 Å². The molecule has 126 valence electrons. The molecule has 0 radical (unpaired) electrons.